The Hall–Kier alpha value is -3.74. The fourth-order valence-electron chi connectivity index (χ4n) is 3.14. The summed E-state index contributed by atoms with van der Waals surface area (Å²) in [5, 5.41) is 13.6. The van der Waals surface area contributed by atoms with Crippen LogP contribution in [0.3, 0.4) is 0 Å². The van der Waals surface area contributed by atoms with Crippen molar-refractivity contribution in [3.05, 3.63) is 59.7 Å². The number of nitrogens with zero attached hydrogens (tertiary/aromatic N) is 4. The molecule has 0 saturated heterocycles. The van der Waals surface area contributed by atoms with Gasteiger partial charge in [0.05, 0.1) is 6.21 Å². The Labute approximate surface area is 154 Å². The minimum absolute atomic E-state index is 0.0827. The SMILES string of the molecule is CC1Oc2ccccc2C=C1C=NNc1nnc2c(n1)[nH]c1ccccc12. The van der Waals surface area contributed by atoms with Crippen LogP contribution in [0.25, 0.3) is 28.1 Å². The van der Waals surface area contributed by atoms with Crippen LogP contribution in [0.5, 0.6) is 5.75 Å². The molecule has 1 aliphatic heterocycles. The third-order valence-corrected chi connectivity index (χ3v) is 4.51. The standard InChI is InChI=1S/C20H16N6O/c1-12-14(10-13-6-2-5-9-17(13)27-12)11-21-25-20-23-19-18(24-26-20)15-7-3-4-8-16(15)22-19/h2-12H,1H3,(H2,22,23,25,26). The van der Waals surface area contributed by atoms with Crippen LogP contribution in [0.1, 0.15) is 12.5 Å². The summed E-state index contributed by atoms with van der Waals surface area (Å²) in [5.74, 6) is 1.21. The zero-order chi connectivity index (χ0) is 18.2. The van der Waals surface area contributed by atoms with Gasteiger partial charge in [-0.3, -0.25) is 0 Å². The Morgan fingerprint density at radius 2 is 1.96 bits per heavy atom. The van der Waals surface area contributed by atoms with E-state index in [-0.39, 0.29) is 6.10 Å². The van der Waals surface area contributed by atoms with Gasteiger partial charge in [0, 0.05) is 22.0 Å². The van der Waals surface area contributed by atoms with Crippen molar-refractivity contribution in [2.24, 2.45) is 5.10 Å². The molecule has 7 nitrogen and oxygen atoms in total. The molecule has 2 aromatic heterocycles. The van der Waals surface area contributed by atoms with E-state index in [4.69, 9.17) is 4.74 Å². The minimum Gasteiger partial charge on any atom is -0.485 e. The Morgan fingerprint density at radius 3 is 2.93 bits per heavy atom. The highest BCUT2D eigenvalue weighted by molar-refractivity contribution is 6.03. The van der Waals surface area contributed by atoms with Crippen molar-refractivity contribution in [3.8, 4) is 5.75 Å². The number of ether oxygens (including phenoxy) is 1. The molecule has 27 heavy (non-hydrogen) atoms. The number of aromatic nitrogens is 4. The lowest BCUT2D eigenvalue weighted by molar-refractivity contribution is 0.260. The topological polar surface area (TPSA) is 88.1 Å². The van der Waals surface area contributed by atoms with Gasteiger partial charge in [-0.15, -0.1) is 10.2 Å². The van der Waals surface area contributed by atoms with E-state index >= 15 is 0 Å². The van der Waals surface area contributed by atoms with Crippen LogP contribution in [-0.4, -0.2) is 32.5 Å². The van der Waals surface area contributed by atoms with Crippen molar-refractivity contribution in [2.45, 2.75) is 13.0 Å². The molecule has 7 heteroatoms. The number of para-hydroxylation sites is 2. The summed E-state index contributed by atoms with van der Waals surface area (Å²) in [6.07, 6.45) is 3.70. The predicted molar refractivity (Wildman–Crippen MR) is 106 cm³/mol. The molecular formula is C20H16N6O. The van der Waals surface area contributed by atoms with Crippen molar-refractivity contribution < 1.29 is 4.74 Å². The van der Waals surface area contributed by atoms with Crippen molar-refractivity contribution in [3.63, 3.8) is 0 Å². The van der Waals surface area contributed by atoms with Crippen LogP contribution in [-0.2, 0) is 0 Å². The van der Waals surface area contributed by atoms with Gasteiger partial charge in [0.1, 0.15) is 17.4 Å². The summed E-state index contributed by atoms with van der Waals surface area (Å²) < 4.78 is 5.90. The van der Waals surface area contributed by atoms with Crippen LogP contribution in [0.4, 0.5) is 5.95 Å². The summed E-state index contributed by atoms with van der Waals surface area (Å²) in [5.41, 5.74) is 7.23. The number of H-pyrrole nitrogens is 1. The van der Waals surface area contributed by atoms with Gasteiger partial charge in [-0.1, -0.05) is 36.4 Å². The molecular weight excluding hydrogens is 340 g/mol. The van der Waals surface area contributed by atoms with Crippen LogP contribution >= 0.6 is 0 Å². The van der Waals surface area contributed by atoms with E-state index in [2.05, 4.69) is 36.8 Å². The quantitative estimate of drug-likeness (QED) is 0.431. The Kier molecular flexibility index (Phi) is 3.57. The lowest BCUT2D eigenvalue weighted by Gasteiger charge is -2.22. The van der Waals surface area contributed by atoms with Crippen molar-refractivity contribution in [2.75, 3.05) is 5.43 Å². The van der Waals surface area contributed by atoms with Gasteiger partial charge in [-0.25, -0.2) is 5.43 Å². The fraction of sp³-hybridized carbons (Fsp3) is 0.100. The Morgan fingerprint density at radius 1 is 1.11 bits per heavy atom. The van der Waals surface area contributed by atoms with Gasteiger partial charge >= 0.3 is 0 Å². The highest BCUT2D eigenvalue weighted by Gasteiger charge is 2.16. The number of rotatable bonds is 3. The predicted octanol–water partition coefficient (Wildman–Crippen LogP) is 3.77. The summed E-state index contributed by atoms with van der Waals surface area (Å²) in [4.78, 5) is 7.68. The first-order valence-corrected chi connectivity index (χ1v) is 8.65. The molecule has 4 aromatic rings. The average Bonchev–Trinajstić information content (AvgIpc) is 3.06. The number of fused-ring (bicyclic) bond motifs is 4. The number of nitrogens with one attached hydrogen (secondary N) is 2. The summed E-state index contributed by atoms with van der Waals surface area (Å²) in [7, 11) is 0. The summed E-state index contributed by atoms with van der Waals surface area (Å²) >= 11 is 0. The lowest BCUT2D eigenvalue weighted by Crippen LogP contribution is -2.20. The number of benzene rings is 2. The van der Waals surface area contributed by atoms with E-state index in [0.717, 1.165) is 33.3 Å². The maximum atomic E-state index is 5.90. The first-order chi connectivity index (χ1) is 13.3. The van der Waals surface area contributed by atoms with Crippen LogP contribution in [0, 0.1) is 0 Å². The van der Waals surface area contributed by atoms with E-state index in [1.54, 1.807) is 6.21 Å². The van der Waals surface area contributed by atoms with Crippen molar-refractivity contribution >= 4 is 40.3 Å². The fourth-order valence-corrected chi connectivity index (χ4v) is 3.14. The van der Waals surface area contributed by atoms with Gasteiger partial charge in [0.15, 0.2) is 5.65 Å². The molecule has 1 aliphatic rings. The molecule has 0 fully saturated rings. The summed E-state index contributed by atoms with van der Waals surface area (Å²) in [6.45, 7) is 1.99. The molecule has 0 radical (unpaired) electrons. The first kappa shape index (κ1) is 15.5. The number of hydrazone groups is 1. The molecule has 1 atom stereocenters. The number of anilines is 1. The number of hydrogen-bond donors (Lipinski definition) is 2. The molecule has 2 aromatic carbocycles. The average molecular weight is 356 g/mol. The molecule has 132 valence electrons. The number of hydrogen-bond acceptors (Lipinski definition) is 6. The molecule has 5 rings (SSSR count). The van der Waals surface area contributed by atoms with Crippen LogP contribution in [0.15, 0.2) is 59.2 Å². The third-order valence-electron chi connectivity index (χ3n) is 4.51. The van der Waals surface area contributed by atoms with E-state index in [1.165, 1.54) is 0 Å². The van der Waals surface area contributed by atoms with E-state index < -0.39 is 0 Å². The molecule has 0 saturated carbocycles. The minimum atomic E-state index is -0.0827. The highest BCUT2D eigenvalue weighted by Crippen LogP contribution is 2.28. The van der Waals surface area contributed by atoms with Crippen LogP contribution < -0.4 is 10.2 Å². The van der Waals surface area contributed by atoms with Gasteiger partial charge in [0.25, 0.3) is 5.95 Å². The Balaban J connectivity index is 1.39. The second kappa shape index (κ2) is 6.21. The van der Waals surface area contributed by atoms with E-state index in [0.29, 0.717) is 11.6 Å². The molecule has 0 aliphatic carbocycles. The second-order valence-corrected chi connectivity index (χ2v) is 6.32. The summed E-state index contributed by atoms with van der Waals surface area (Å²) in [6, 6.07) is 15.8. The molecule has 0 bridgehead atoms. The number of aromatic amines is 1. The van der Waals surface area contributed by atoms with Gasteiger partial charge in [0.2, 0.25) is 0 Å². The maximum Gasteiger partial charge on any atom is 0.265 e. The van der Waals surface area contributed by atoms with Crippen LogP contribution in [0.2, 0.25) is 0 Å². The monoisotopic (exact) mass is 356 g/mol. The van der Waals surface area contributed by atoms with Crippen molar-refractivity contribution in [1.29, 1.82) is 0 Å². The zero-order valence-corrected chi connectivity index (χ0v) is 14.5. The smallest absolute Gasteiger partial charge is 0.265 e. The van der Waals surface area contributed by atoms with Crippen molar-refractivity contribution in [1.82, 2.24) is 20.2 Å². The van der Waals surface area contributed by atoms with E-state index in [1.807, 2.05) is 55.5 Å². The molecule has 1 unspecified atom stereocenters. The second-order valence-electron chi connectivity index (χ2n) is 6.32. The lowest BCUT2D eigenvalue weighted by atomic mass is 10.0. The largest absolute Gasteiger partial charge is 0.485 e. The molecule has 0 amide bonds. The van der Waals surface area contributed by atoms with Gasteiger partial charge in [-0.05, 0) is 25.1 Å². The molecule has 0 spiro atoms. The van der Waals surface area contributed by atoms with Gasteiger partial charge in [-0.2, -0.15) is 10.1 Å². The normalized spacial score (nSPS) is 16.3. The van der Waals surface area contributed by atoms with Gasteiger partial charge < -0.3 is 9.72 Å². The highest BCUT2D eigenvalue weighted by atomic mass is 16.5. The first-order valence-electron chi connectivity index (χ1n) is 8.65. The maximum absolute atomic E-state index is 5.90. The zero-order valence-electron chi connectivity index (χ0n) is 14.5. The van der Waals surface area contributed by atoms with E-state index in [9.17, 15) is 0 Å². The molecule has 2 N–H and O–H groups in total. The molecule has 3 heterocycles. The Bertz CT molecular complexity index is 1210. The third kappa shape index (κ3) is 2.79.